The normalized spacial score (nSPS) is 33.7. The van der Waals surface area contributed by atoms with E-state index in [0.717, 1.165) is 37.1 Å². The summed E-state index contributed by atoms with van der Waals surface area (Å²) in [4.78, 5) is 10.3. The highest BCUT2D eigenvalue weighted by Gasteiger charge is 2.50. The van der Waals surface area contributed by atoms with E-state index in [1.54, 1.807) is 0 Å². The molecular formula is C15H27N3O2. The zero-order chi connectivity index (χ0) is 14.9. The summed E-state index contributed by atoms with van der Waals surface area (Å²) in [6.07, 6.45) is 3.96. The average molecular weight is 281 g/mol. The van der Waals surface area contributed by atoms with Gasteiger partial charge in [-0.2, -0.15) is 0 Å². The highest BCUT2D eigenvalue weighted by Crippen LogP contribution is 2.53. The van der Waals surface area contributed by atoms with Gasteiger partial charge in [-0.15, -0.1) is 0 Å². The van der Waals surface area contributed by atoms with Crippen LogP contribution in [0.4, 0.5) is 0 Å². The number of hydrogen-bond acceptors (Lipinski definition) is 5. The number of fused-ring (bicyclic) bond motifs is 1. The zero-order valence-electron chi connectivity index (χ0n) is 12.8. The number of hydrogen-bond donors (Lipinski definition) is 2. The molecule has 0 aromatic rings. The van der Waals surface area contributed by atoms with E-state index in [0.29, 0.717) is 30.8 Å². The summed E-state index contributed by atoms with van der Waals surface area (Å²) in [5.41, 5.74) is 8.12. The molecule has 0 saturated heterocycles. The Labute approximate surface area is 121 Å². The minimum Gasteiger partial charge on any atom is -0.468 e. The van der Waals surface area contributed by atoms with E-state index in [-0.39, 0.29) is 5.54 Å². The van der Waals surface area contributed by atoms with Crippen molar-refractivity contribution in [3.63, 3.8) is 0 Å². The van der Waals surface area contributed by atoms with Crippen molar-refractivity contribution in [1.82, 2.24) is 5.01 Å². The van der Waals surface area contributed by atoms with Crippen molar-refractivity contribution in [2.24, 2.45) is 29.3 Å². The van der Waals surface area contributed by atoms with Crippen molar-refractivity contribution in [1.29, 1.82) is 0 Å². The van der Waals surface area contributed by atoms with Gasteiger partial charge in [-0.05, 0) is 64.2 Å². The third kappa shape index (κ3) is 3.08. The second kappa shape index (κ2) is 5.64. The van der Waals surface area contributed by atoms with E-state index in [1.807, 2.05) is 5.01 Å². The molecule has 3 atom stereocenters. The molecule has 0 heterocycles. The highest BCUT2D eigenvalue weighted by atomic mass is 16.5. The van der Waals surface area contributed by atoms with E-state index in [4.69, 9.17) is 16.3 Å². The number of allylic oxidation sites excluding steroid dienone is 2. The Morgan fingerprint density at radius 1 is 1.30 bits per heavy atom. The topological polar surface area (TPSA) is 81.6 Å². The van der Waals surface area contributed by atoms with E-state index in [2.05, 4.69) is 20.8 Å². The number of ether oxygens (including phenoxy) is 1. The van der Waals surface area contributed by atoms with Gasteiger partial charge < -0.3 is 15.5 Å². The number of nitrogens with two attached hydrogens (primary N) is 2. The van der Waals surface area contributed by atoms with Crippen LogP contribution in [0.3, 0.4) is 0 Å². The van der Waals surface area contributed by atoms with Crippen molar-refractivity contribution in [3.8, 4) is 0 Å². The predicted octanol–water partition coefficient (Wildman–Crippen LogP) is 1.74. The van der Waals surface area contributed by atoms with Crippen LogP contribution < -0.4 is 11.6 Å². The molecule has 1 fully saturated rings. The number of rotatable bonds is 4. The number of hydrazine groups is 1. The second-order valence-corrected chi connectivity index (χ2v) is 7.01. The van der Waals surface area contributed by atoms with Crippen LogP contribution in [0, 0.1) is 17.8 Å². The minimum absolute atomic E-state index is 0.123. The Morgan fingerprint density at radius 3 is 2.45 bits per heavy atom. The van der Waals surface area contributed by atoms with Gasteiger partial charge in [0.2, 0.25) is 0 Å². The Morgan fingerprint density at radius 2 is 1.90 bits per heavy atom. The fourth-order valence-corrected chi connectivity index (χ4v) is 3.39. The molecule has 2 aliphatic carbocycles. The quantitative estimate of drug-likeness (QED) is 0.466. The number of nitrogens with zero attached hydrogens (tertiary/aromatic N) is 1. The summed E-state index contributed by atoms with van der Waals surface area (Å²) in [7, 11) is 0. The number of carbonyl (C=O) groups excluding carboxylic acids is 1. The van der Waals surface area contributed by atoms with E-state index in [9.17, 15) is 4.79 Å². The van der Waals surface area contributed by atoms with Crippen molar-refractivity contribution < 1.29 is 9.53 Å². The van der Waals surface area contributed by atoms with Crippen molar-refractivity contribution in [2.45, 2.75) is 52.0 Å². The van der Waals surface area contributed by atoms with Crippen LogP contribution >= 0.6 is 0 Å². The smallest absolute Gasteiger partial charge is 0.293 e. The largest absolute Gasteiger partial charge is 0.468 e. The maximum absolute atomic E-state index is 10.3. The Bertz CT molecular complexity index is 400. The lowest BCUT2D eigenvalue weighted by molar-refractivity contribution is -0.129. The van der Waals surface area contributed by atoms with E-state index >= 15 is 0 Å². The fourth-order valence-electron chi connectivity index (χ4n) is 3.39. The van der Waals surface area contributed by atoms with Crippen LogP contribution in [0.25, 0.3) is 0 Å². The lowest BCUT2D eigenvalue weighted by Crippen LogP contribution is -2.46. The van der Waals surface area contributed by atoms with Crippen LogP contribution in [-0.2, 0) is 9.53 Å². The van der Waals surface area contributed by atoms with Crippen LogP contribution in [0.1, 0.15) is 46.5 Å². The van der Waals surface area contributed by atoms with Crippen molar-refractivity contribution >= 4 is 6.47 Å². The Kier molecular flexibility index (Phi) is 4.28. The maximum atomic E-state index is 10.3. The summed E-state index contributed by atoms with van der Waals surface area (Å²) in [6.45, 7) is 7.37. The molecular weight excluding hydrogens is 254 g/mol. The molecule has 0 aromatic heterocycles. The molecule has 0 spiro atoms. The van der Waals surface area contributed by atoms with Gasteiger partial charge in [-0.3, -0.25) is 4.79 Å². The molecule has 0 aromatic carbocycles. The Balaban J connectivity index is 2.01. The molecule has 20 heavy (non-hydrogen) atoms. The minimum atomic E-state index is -0.123. The molecule has 4 N–H and O–H groups in total. The molecule has 2 aliphatic rings. The molecule has 1 saturated carbocycles. The first-order valence-electron chi connectivity index (χ1n) is 7.44. The first-order chi connectivity index (χ1) is 9.36. The van der Waals surface area contributed by atoms with Gasteiger partial charge in [-0.25, -0.2) is 5.84 Å². The Hall–Kier alpha value is -1.23. The van der Waals surface area contributed by atoms with E-state index in [1.165, 1.54) is 0 Å². The summed E-state index contributed by atoms with van der Waals surface area (Å²) in [5.74, 6) is 8.08. The molecule has 2 rings (SSSR count). The summed E-state index contributed by atoms with van der Waals surface area (Å²) in [6, 6.07) is 0. The van der Waals surface area contributed by atoms with Gasteiger partial charge in [-0.1, -0.05) is 0 Å². The van der Waals surface area contributed by atoms with Crippen molar-refractivity contribution in [2.75, 3.05) is 6.61 Å². The van der Waals surface area contributed by atoms with Gasteiger partial charge in [0.1, 0.15) is 0 Å². The third-order valence-electron chi connectivity index (χ3n) is 4.71. The van der Waals surface area contributed by atoms with Crippen molar-refractivity contribution in [3.05, 3.63) is 11.4 Å². The van der Waals surface area contributed by atoms with Crippen LogP contribution in [-0.4, -0.2) is 23.6 Å². The summed E-state index contributed by atoms with van der Waals surface area (Å²) >= 11 is 0. The standard InChI is InChI=1S/C15H27N3O2/c1-15(2,3)18(17)14-7-5-11-10(4-6-13(14)16)12(11)8-20-9-19/h9-12H,4-8,16-17H2,1-3H3/b14-13-/t10?,11?,12-/m0/s1. The van der Waals surface area contributed by atoms with Crippen LogP contribution in [0.15, 0.2) is 11.4 Å². The molecule has 2 unspecified atom stereocenters. The van der Waals surface area contributed by atoms with Gasteiger partial charge in [0.15, 0.2) is 0 Å². The second-order valence-electron chi connectivity index (χ2n) is 7.01. The monoisotopic (exact) mass is 281 g/mol. The molecule has 0 radical (unpaired) electrons. The highest BCUT2D eigenvalue weighted by molar-refractivity contribution is 5.37. The maximum Gasteiger partial charge on any atom is 0.293 e. The fraction of sp³-hybridized carbons (Fsp3) is 0.800. The summed E-state index contributed by atoms with van der Waals surface area (Å²) < 4.78 is 4.93. The lowest BCUT2D eigenvalue weighted by atomic mass is 9.99. The first-order valence-corrected chi connectivity index (χ1v) is 7.44. The first kappa shape index (κ1) is 15.2. The summed E-state index contributed by atoms with van der Waals surface area (Å²) in [5, 5.41) is 1.82. The van der Waals surface area contributed by atoms with Gasteiger partial charge >= 0.3 is 0 Å². The molecule has 0 aliphatic heterocycles. The SMILES string of the molecule is CC(C)(C)N(N)/C1=C(\N)CCC2C(CC1)[C@H]2COC=O. The third-order valence-corrected chi connectivity index (χ3v) is 4.71. The van der Waals surface area contributed by atoms with E-state index < -0.39 is 0 Å². The van der Waals surface area contributed by atoms with Gasteiger partial charge in [0.05, 0.1) is 6.61 Å². The molecule has 5 heteroatoms. The van der Waals surface area contributed by atoms with Crippen LogP contribution in [0.2, 0.25) is 0 Å². The van der Waals surface area contributed by atoms with Gasteiger partial charge in [0, 0.05) is 16.9 Å². The zero-order valence-corrected chi connectivity index (χ0v) is 12.8. The predicted molar refractivity (Wildman–Crippen MR) is 77.9 cm³/mol. The molecule has 0 amide bonds. The molecule has 5 nitrogen and oxygen atoms in total. The molecule has 0 bridgehead atoms. The molecule has 114 valence electrons. The average Bonchev–Trinajstić information content (AvgIpc) is 3.01. The van der Waals surface area contributed by atoms with Gasteiger partial charge in [0.25, 0.3) is 6.47 Å². The van der Waals surface area contributed by atoms with Crippen LogP contribution in [0.5, 0.6) is 0 Å². The lowest BCUT2D eigenvalue weighted by Gasteiger charge is -2.36. The number of carbonyl (C=O) groups is 1.